The molecule has 0 saturated heterocycles. The molecule has 0 fully saturated rings. The molecular formula is C37H37Cl2NO6S. The Morgan fingerprint density at radius 2 is 1.36 bits per heavy atom. The molecule has 0 saturated carbocycles. The largest absolute Gasteiger partial charge is 0.493 e. The lowest BCUT2D eigenvalue weighted by molar-refractivity contribution is -0.119. The summed E-state index contributed by atoms with van der Waals surface area (Å²) in [5.74, 6) is -0.876. The number of rotatable bonds is 7. The van der Waals surface area contributed by atoms with Crippen LogP contribution < -0.4 is 8.92 Å². The second-order valence-corrected chi connectivity index (χ2v) is 16.5. The van der Waals surface area contributed by atoms with Crippen molar-refractivity contribution in [1.82, 2.24) is 4.90 Å². The van der Waals surface area contributed by atoms with Crippen LogP contribution in [0.3, 0.4) is 0 Å². The standard InChI is InChI=1S/C37H37Cl2NO6S/c1-36(2)17-27-33(29(41)19-36)32(34-28(18-37(3,4)20-30(34)42)40(27)21-22-9-7-6-8-10-22)23-15-26(39)35(31(16-23)45-5)46-47(43,44)25-13-11-24(38)12-14-25/h6-16,32H,17-21H2,1-5H3. The zero-order valence-electron chi connectivity index (χ0n) is 27.0. The highest BCUT2D eigenvalue weighted by Gasteiger charge is 2.49. The molecule has 3 aromatic carbocycles. The molecule has 0 spiro atoms. The molecule has 246 valence electrons. The molecule has 0 radical (unpaired) electrons. The third-order valence-electron chi connectivity index (χ3n) is 9.09. The van der Waals surface area contributed by atoms with Crippen molar-refractivity contribution in [1.29, 1.82) is 0 Å². The molecule has 1 heterocycles. The number of methoxy groups -OCH3 is 1. The zero-order chi connectivity index (χ0) is 33.9. The van der Waals surface area contributed by atoms with Crippen LogP contribution in [0.5, 0.6) is 11.5 Å². The van der Waals surface area contributed by atoms with E-state index in [1.54, 1.807) is 12.1 Å². The minimum absolute atomic E-state index is 0.0239. The molecule has 0 unspecified atom stereocenters. The number of hydrogen-bond acceptors (Lipinski definition) is 7. The second kappa shape index (κ2) is 12.1. The van der Waals surface area contributed by atoms with Gasteiger partial charge in [-0.05, 0) is 71.2 Å². The van der Waals surface area contributed by atoms with Gasteiger partial charge < -0.3 is 13.8 Å². The summed E-state index contributed by atoms with van der Waals surface area (Å²) in [5, 5.41) is 0.349. The number of ether oxygens (including phenoxy) is 1. The maximum Gasteiger partial charge on any atom is 0.339 e. The van der Waals surface area contributed by atoms with Crippen LogP contribution >= 0.6 is 23.2 Å². The number of halogens is 2. The van der Waals surface area contributed by atoms with Crippen LogP contribution in [-0.2, 0) is 26.3 Å². The fourth-order valence-corrected chi connectivity index (χ4v) is 8.47. The molecule has 0 amide bonds. The number of ketones is 2. The first kappa shape index (κ1) is 33.3. The minimum atomic E-state index is -4.30. The molecule has 47 heavy (non-hydrogen) atoms. The summed E-state index contributed by atoms with van der Waals surface area (Å²) in [4.78, 5) is 30.5. The Balaban J connectivity index is 1.53. The lowest BCUT2D eigenvalue weighted by Crippen LogP contribution is -2.44. The van der Waals surface area contributed by atoms with Gasteiger partial charge in [-0.2, -0.15) is 8.42 Å². The van der Waals surface area contributed by atoms with Gasteiger partial charge >= 0.3 is 10.1 Å². The quantitative estimate of drug-likeness (QED) is 0.229. The van der Waals surface area contributed by atoms with Gasteiger partial charge in [0.2, 0.25) is 5.75 Å². The summed E-state index contributed by atoms with van der Waals surface area (Å²) in [6, 6.07) is 18.9. The Kier molecular flexibility index (Phi) is 8.60. The average molecular weight is 695 g/mol. The van der Waals surface area contributed by atoms with Gasteiger partial charge in [-0.1, -0.05) is 81.2 Å². The summed E-state index contributed by atoms with van der Waals surface area (Å²) >= 11 is 12.7. The fourth-order valence-electron chi connectivity index (χ4n) is 7.08. The predicted octanol–water partition coefficient (Wildman–Crippen LogP) is 8.66. The molecular weight excluding hydrogens is 657 g/mol. The Bertz CT molecular complexity index is 1890. The number of Topliss-reactive ketones (excluding diaryl/α,β-unsaturated/α-hetero) is 2. The molecule has 3 aliphatic rings. The van der Waals surface area contributed by atoms with E-state index in [9.17, 15) is 18.0 Å². The highest BCUT2D eigenvalue weighted by molar-refractivity contribution is 7.87. The first-order valence-electron chi connectivity index (χ1n) is 15.5. The molecule has 1 aliphatic heterocycles. The van der Waals surface area contributed by atoms with Crippen LogP contribution in [-0.4, -0.2) is 32.0 Å². The summed E-state index contributed by atoms with van der Waals surface area (Å²) in [6.45, 7) is 8.90. The van der Waals surface area contributed by atoms with E-state index in [-0.39, 0.29) is 43.8 Å². The zero-order valence-corrected chi connectivity index (χ0v) is 29.4. The van der Waals surface area contributed by atoms with Crippen LogP contribution in [0.4, 0.5) is 0 Å². The summed E-state index contributed by atoms with van der Waals surface area (Å²) in [5.41, 5.74) is 4.03. The van der Waals surface area contributed by atoms with Crippen molar-refractivity contribution in [2.45, 2.75) is 70.7 Å². The van der Waals surface area contributed by atoms with Crippen molar-refractivity contribution in [3.05, 3.63) is 110 Å². The Morgan fingerprint density at radius 1 is 0.809 bits per heavy atom. The summed E-state index contributed by atoms with van der Waals surface area (Å²) in [6.07, 6.45) is 1.95. The first-order valence-corrected chi connectivity index (χ1v) is 17.7. The van der Waals surface area contributed by atoms with E-state index in [1.165, 1.54) is 31.4 Å². The van der Waals surface area contributed by atoms with E-state index >= 15 is 0 Å². The van der Waals surface area contributed by atoms with Crippen molar-refractivity contribution in [3.8, 4) is 11.5 Å². The lowest BCUT2D eigenvalue weighted by atomic mass is 9.63. The number of benzene rings is 3. The molecule has 7 nitrogen and oxygen atoms in total. The van der Waals surface area contributed by atoms with E-state index < -0.39 is 16.0 Å². The fraction of sp³-hybridized carbons (Fsp3) is 0.351. The van der Waals surface area contributed by atoms with E-state index in [1.807, 2.05) is 18.2 Å². The monoisotopic (exact) mass is 693 g/mol. The van der Waals surface area contributed by atoms with Gasteiger partial charge in [0.15, 0.2) is 17.3 Å². The van der Waals surface area contributed by atoms with Crippen LogP contribution in [0.1, 0.15) is 70.4 Å². The summed E-state index contributed by atoms with van der Waals surface area (Å²) < 4.78 is 37.6. The Labute approximate surface area is 286 Å². The number of carbonyl (C=O) groups is 2. The molecule has 0 N–H and O–H groups in total. The van der Waals surface area contributed by atoms with Crippen LogP contribution in [0.2, 0.25) is 10.0 Å². The normalized spacial score (nSPS) is 19.4. The Hall–Kier alpha value is -3.59. The van der Waals surface area contributed by atoms with Gasteiger partial charge in [0.05, 0.1) is 12.1 Å². The second-order valence-electron chi connectivity index (χ2n) is 14.1. The molecule has 3 aromatic rings. The van der Waals surface area contributed by atoms with Crippen molar-refractivity contribution in [2.24, 2.45) is 10.8 Å². The van der Waals surface area contributed by atoms with Crippen molar-refractivity contribution in [2.75, 3.05) is 7.11 Å². The van der Waals surface area contributed by atoms with Crippen molar-refractivity contribution >= 4 is 44.9 Å². The molecule has 0 bridgehead atoms. The highest BCUT2D eigenvalue weighted by Crippen LogP contribution is 2.56. The Morgan fingerprint density at radius 3 is 1.89 bits per heavy atom. The topological polar surface area (TPSA) is 90.0 Å². The van der Waals surface area contributed by atoms with E-state index in [4.69, 9.17) is 32.1 Å². The average Bonchev–Trinajstić information content (AvgIpc) is 2.98. The maximum absolute atomic E-state index is 14.2. The van der Waals surface area contributed by atoms with Gasteiger partial charge in [0.1, 0.15) is 4.90 Å². The smallest absolute Gasteiger partial charge is 0.339 e. The third kappa shape index (κ3) is 6.48. The number of allylic oxidation sites excluding steroid dienone is 4. The lowest BCUT2D eigenvalue weighted by Gasteiger charge is -2.49. The summed E-state index contributed by atoms with van der Waals surface area (Å²) in [7, 11) is -2.91. The van der Waals surface area contributed by atoms with Crippen molar-refractivity contribution < 1.29 is 26.9 Å². The van der Waals surface area contributed by atoms with Crippen LogP contribution in [0, 0.1) is 10.8 Å². The van der Waals surface area contributed by atoms with E-state index in [0.29, 0.717) is 54.0 Å². The highest BCUT2D eigenvalue weighted by atomic mass is 35.5. The van der Waals surface area contributed by atoms with Crippen LogP contribution in [0.15, 0.2) is 94.2 Å². The van der Waals surface area contributed by atoms with Gasteiger partial charge in [-0.25, -0.2) is 0 Å². The van der Waals surface area contributed by atoms with Gasteiger partial charge in [-0.3, -0.25) is 9.59 Å². The number of hydrogen-bond donors (Lipinski definition) is 0. The molecule has 10 heteroatoms. The van der Waals surface area contributed by atoms with Gasteiger partial charge in [0, 0.05) is 52.9 Å². The molecule has 0 aromatic heterocycles. The van der Waals surface area contributed by atoms with E-state index in [2.05, 4.69) is 44.7 Å². The van der Waals surface area contributed by atoms with Crippen LogP contribution in [0.25, 0.3) is 0 Å². The predicted molar refractivity (Wildman–Crippen MR) is 182 cm³/mol. The number of nitrogens with zero attached hydrogens (tertiary/aromatic N) is 1. The van der Waals surface area contributed by atoms with Gasteiger partial charge in [-0.15, -0.1) is 0 Å². The van der Waals surface area contributed by atoms with E-state index in [0.717, 1.165) is 17.0 Å². The molecule has 0 atom stereocenters. The minimum Gasteiger partial charge on any atom is -0.493 e. The SMILES string of the molecule is COc1cc(C2C3=C(CC(C)(C)CC3=O)N(Cc3ccccc3)C3=C2C(=O)CC(C)(C)C3)cc(Cl)c1OS(=O)(=O)c1ccc(Cl)cc1. The first-order chi connectivity index (χ1) is 22.1. The third-order valence-corrected chi connectivity index (χ3v) is 10.9. The maximum atomic E-state index is 14.2. The van der Waals surface area contributed by atoms with Gasteiger partial charge in [0.25, 0.3) is 0 Å². The van der Waals surface area contributed by atoms with Crippen molar-refractivity contribution in [3.63, 3.8) is 0 Å². The molecule has 2 aliphatic carbocycles. The molecule has 6 rings (SSSR count). The number of carbonyl (C=O) groups excluding carboxylic acids is 2.